The molecule has 0 radical (unpaired) electrons. The number of aromatic nitrogens is 4. The third-order valence-corrected chi connectivity index (χ3v) is 6.31. The Morgan fingerprint density at radius 1 is 0.839 bits per heavy atom. The molecule has 0 aliphatic carbocycles. The Bertz CT molecular complexity index is 1240. The molecule has 4 aromatic rings. The van der Waals surface area contributed by atoms with E-state index < -0.39 is 0 Å². The maximum absolute atomic E-state index is 12.4. The lowest BCUT2D eigenvalue weighted by Gasteiger charge is -2.13. The number of carbonyl (C=O) groups excluding carboxylic acids is 2. The predicted octanol–water partition coefficient (Wildman–Crippen LogP) is 3.98. The van der Waals surface area contributed by atoms with Gasteiger partial charge in [0.2, 0.25) is 0 Å². The number of imide groups is 1. The zero-order chi connectivity index (χ0) is 21.2. The third kappa shape index (κ3) is 3.59. The van der Waals surface area contributed by atoms with Gasteiger partial charge in [-0.05, 0) is 42.9 Å². The highest BCUT2D eigenvalue weighted by Crippen LogP contribution is 2.27. The summed E-state index contributed by atoms with van der Waals surface area (Å²) in [6.45, 7) is 0.429. The molecule has 1 aliphatic rings. The first kappa shape index (κ1) is 19.4. The van der Waals surface area contributed by atoms with Crippen molar-refractivity contribution in [2.75, 3.05) is 12.3 Å². The van der Waals surface area contributed by atoms with Crippen molar-refractivity contribution >= 4 is 34.6 Å². The van der Waals surface area contributed by atoms with Gasteiger partial charge in [0.1, 0.15) is 11.4 Å². The molecule has 154 valence electrons. The van der Waals surface area contributed by atoms with Gasteiger partial charge in [-0.1, -0.05) is 30.3 Å². The van der Waals surface area contributed by atoms with Crippen LogP contribution in [0.4, 0.5) is 0 Å². The second-order valence-electron chi connectivity index (χ2n) is 7.17. The Balaban J connectivity index is 1.20. The zero-order valence-electron chi connectivity index (χ0n) is 16.6. The molecule has 0 bridgehead atoms. The molecule has 2 aromatic heterocycles. The molecule has 0 fully saturated rings. The van der Waals surface area contributed by atoms with Gasteiger partial charge in [-0.15, -0.1) is 11.8 Å². The van der Waals surface area contributed by atoms with E-state index in [9.17, 15) is 9.59 Å². The lowest BCUT2D eigenvalue weighted by atomic mass is 10.1. The SMILES string of the molecule is O=C1c2ccccc2C(=O)N1CCCCSc1ncnc2c1cnn2-c1ccccc1. The third-order valence-electron chi connectivity index (χ3n) is 5.22. The molecule has 2 amide bonds. The van der Waals surface area contributed by atoms with Crippen molar-refractivity contribution < 1.29 is 9.59 Å². The fourth-order valence-electron chi connectivity index (χ4n) is 3.68. The van der Waals surface area contributed by atoms with E-state index >= 15 is 0 Å². The van der Waals surface area contributed by atoms with Crippen molar-refractivity contribution in [2.45, 2.75) is 17.9 Å². The topological polar surface area (TPSA) is 81.0 Å². The number of unbranched alkanes of at least 4 members (excludes halogenated alkanes) is 1. The van der Waals surface area contributed by atoms with Crippen LogP contribution in [0, 0.1) is 0 Å². The van der Waals surface area contributed by atoms with Crippen molar-refractivity contribution in [3.63, 3.8) is 0 Å². The lowest BCUT2D eigenvalue weighted by molar-refractivity contribution is 0.0652. The molecule has 31 heavy (non-hydrogen) atoms. The summed E-state index contributed by atoms with van der Waals surface area (Å²) in [4.78, 5) is 35.0. The minimum absolute atomic E-state index is 0.195. The van der Waals surface area contributed by atoms with E-state index in [0.717, 1.165) is 40.3 Å². The molecule has 0 saturated heterocycles. The summed E-state index contributed by atoms with van der Waals surface area (Å²) in [5, 5.41) is 6.27. The summed E-state index contributed by atoms with van der Waals surface area (Å²) in [6, 6.07) is 16.9. The highest BCUT2D eigenvalue weighted by molar-refractivity contribution is 7.99. The highest BCUT2D eigenvalue weighted by Gasteiger charge is 2.34. The molecule has 1 aliphatic heterocycles. The van der Waals surface area contributed by atoms with Gasteiger partial charge in [-0.25, -0.2) is 14.6 Å². The summed E-state index contributed by atoms with van der Waals surface area (Å²) in [7, 11) is 0. The number of para-hydroxylation sites is 1. The molecule has 0 unspecified atom stereocenters. The zero-order valence-corrected chi connectivity index (χ0v) is 17.5. The minimum Gasteiger partial charge on any atom is -0.274 e. The summed E-state index contributed by atoms with van der Waals surface area (Å²) in [6.07, 6.45) is 4.96. The molecule has 7 nitrogen and oxygen atoms in total. The van der Waals surface area contributed by atoms with Crippen LogP contribution in [0.25, 0.3) is 16.7 Å². The van der Waals surface area contributed by atoms with Crippen molar-refractivity contribution in [1.82, 2.24) is 24.6 Å². The first-order chi connectivity index (χ1) is 15.2. The number of nitrogens with zero attached hydrogens (tertiary/aromatic N) is 5. The average molecular weight is 430 g/mol. The first-order valence-electron chi connectivity index (χ1n) is 10.1. The van der Waals surface area contributed by atoms with Gasteiger partial charge in [0, 0.05) is 6.54 Å². The van der Waals surface area contributed by atoms with Gasteiger partial charge in [0.05, 0.1) is 28.4 Å². The monoisotopic (exact) mass is 429 g/mol. The van der Waals surface area contributed by atoms with Crippen molar-refractivity contribution in [1.29, 1.82) is 0 Å². The van der Waals surface area contributed by atoms with Crippen molar-refractivity contribution in [2.24, 2.45) is 0 Å². The molecular weight excluding hydrogens is 410 g/mol. The minimum atomic E-state index is -0.195. The predicted molar refractivity (Wildman–Crippen MR) is 118 cm³/mol. The molecule has 8 heteroatoms. The maximum atomic E-state index is 12.4. The van der Waals surface area contributed by atoms with Crippen LogP contribution < -0.4 is 0 Å². The lowest BCUT2D eigenvalue weighted by Crippen LogP contribution is -2.30. The van der Waals surface area contributed by atoms with Crippen molar-refractivity contribution in [3.8, 4) is 5.69 Å². The molecule has 0 saturated carbocycles. The van der Waals surface area contributed by atoms with Crippen LogP contribution in [0.3, 0.4) is 0 Å². The van der Waals surface area contributed by atoms with Crippen LogP contribution in [0.2, 0.25) is 0 Å². The quantitative estimate of drug-likeness (QED) is 0.191. The summed E-state index contributed by atoms with van der Waals surface area (Å²) in [5.41, 5.74) is 2.73. The van der Waals surface area contributed by atoms with Crippen molar-refractivity contribution in [3.05, 3.63) is 78.2 Å². The maximum Gasteiger partial charge on any atom is 0.261 e. The summed E-state index contributed by atoms with van der Waals surface area (Å²) < 4.78 is 1.81. The molecule has 0 spiro atoms. The standard InChI is InChI=1S/C23H19N5O2S/c29-22-17-10-4-5-11-18(17)23(30)27(22)12-6-7-13-31-21-19-14-26-28(20(19)24-15-25-21)16-8-2-1-3-9-16/h1-5,8-11,14-15H,6-7,12-13H2. The Hall–Kier alpha value is -3.52. The van der Waals surface area contributed by atoms with Crippen LogP contribution in [0.5, 0.6) is 0 Å². The number of hydrogen-bond donors (Lipinski definition) is 0. The van der Waals surface area contributed by atoms with Crippen LogP contribution >= 0.6 is 11.8 Å². The van der Waals surface area contributed by atoms with Crippen LogP contribution in [-0.4, -0.2) is 48.8 Å². The molecule has 5 rings (SSSR count). The number of rotatable bonds is 7. The second kappa shape index (κ2) is 8.31. The van der Waals surface area contributed by atoms with Gasteiger partial charge in [0.15, 0.2) is 5.65 Å². The number of fused-ring (bicyclic) bond motifs is 2. The van der Waals surface area contributed by atoms with E-state index in [2.05, 4.69) is 15.1 Å². The van der Waals surface area contributed by atoms with Crippen LogP contribution in [0.15, 0.2) is 72.1 Å². The van der Waals surface area contributed by atoms with Gasteiger partial charge in [-0.3, -0.25) is 14.5 Å². The van der Waals surface area contributed by atoms with E-state index in [0.29, 0.717) is 17.7 Å². The molecule has 3 heterocycles. The highest BCUT2D eigenvalue weighted by atomic mass is 32.2. The van der Waals surface area contributed by atoms with Gasteiger partial charge >= 0.3 is 0 Å². The van der Waals surface area contributed by atoms with Gasteiger partial charge < -0.3 is 0 Å². The van der Waals surface area contributed by atoms with Crippen LogP contribution in [-0.2, 0) is 0 Å². The number of carbonyl (C=O) groups is 2. The smallest absolute Gasteiger partial charge is 0.261 e. The number of benzene rings is 2. The second-order valence-corrected chi connectivity index (χ2v) is 8.25. The first-order valence-corrected chi connectivity index (χ1v) is 11.0. The van der Waals surface area contributed by atoms with Gasteiger partial charge in [-0.2, -0.15) is 5.10 Å². The van der Waals surface area contributed by atoms with Crippen LogP contribution in [0.1, 0.15) is 33.6 Å². The number of hydrogen-bond acceptors (Lipinski definition) is 6. The Kier molecular flexibility index (Phi) is 5.21. The average Bonchev–Trinajstić information content (AvgIpc) is 3.35. The number of amides is 2. The molecule has 0 N–H and O–H groups in total. The van der Waals surface area contributed by atoms with E-state index in [4.69, 9.17) is 0 Å². The fourth-order valence-corrected chi connectivity index (χ4v) is 4.64. The molecular formula is C23H19N5O2S. The van der Waals surface area contributed by atoms with E-state index in [1.807, 2.05) is 35.0 Å². The Labute approximate surface area is 183 Å². The Morgan fingerprint density at radius 2 is 1.55 bits per heavy atom. The van der Waals surface area contributed by atoms with E-state index in [1.54, 1.807) is 48.6 Å². The summed E-state index contributed by atoms with van der Waals surface area (Å²) in [5.74, 6) is 0.435. The fraction of sp³-hybridized carbons (Fsp3) is 0.174. The van der Waals surface area contributed by atoms with E-state index in [1.165, 1.54) is 4.90 Å². The molecule has 0 atom stereocenters. The Morgan fingerprint density at radius 3 is 2.29 bits per heavy atom. The van der Waals surface area contributed by atoms with E-state index in [-0.39, 0.29) is 11.8 Å². The number of thioether (sulfide) groups is 1. The van der Waals surface area contributed by atoms with Gasteiger partial charge in [0.25, 0.3) is 11.8 Å². The summed E-state index contributed by atoms with van der Waals surface area (Å²) >= 11 is 1.64. The largest absolute Gasteiger partial charge is 0.274 e. The normalized spacial score (nSPS) is 13.2. The molecule has 2 aromatic carbocycles.